The number of nitrogens with one attached hydrogen (secondary N) is 1. The maximum absolute atomic E-state index is 4.00. The lowest BCUT2D eigenvalue weighted by Gasteiger charge is -1.87. The third-order valence-corrected chi connectivity index (χ3v) is 1.88. The Morgan fingerprint density at radius 1 is 1.12 bits per heavy atom. The molecule has 1 aliphatic heterocycles. The van der Waals surface area contributed by atoms with Crippen LogP contribution < -0.4 is 5.32 Å². The molecule has 0 bridgehead atoms. The number of hydrogen-bond acceptors (Lipinski definition) is 1. The molecule has 1 aliphatic carbocycles. The maximum atomic E-state index is 4.00. The van der Waals surface area contributed by atoms with Crippen LogP contribution in [0.1, 0.15) is 6.42 Å². The molecule has 0 aromatic rings. The Hall–Kier alpha value is -0.480. The van der Waals surface area contributed by atoms with Crippen LogP contribution in [0.3, 0.4) is 0 Å². The second-order valence-corrected chi connectivity index (χ2v) is 2.41. The first kappa shape index (κ1) is 5.65. The number of terminal acetylenes is 1. The molecule has 1 saturated carbocycles. The van der Waals surface area contributed by atoms with E-state index in [0.717, 1.165) is 11.8 Å². The molecule has 2 unspecified atom stereocenters. The van der Waals surface area contributed by atoms with Crippen LogP contribution in [0, 0.1) is 24.7 Å². The predicted octanol–water partition coefficient (Wildman–Crippen LogP) is 0.475. The van der Waals surface area contributed by atoms with Gasteiger partial charge >= 0.3 is 0 Å². The highest BCUT2D eigenvalue weighted by Gasteiger charge is 2.40. The summed E-state index contributed by atoms with van der Waals surface area (Å²) >= 11 is 0. The van der Waals surface area contributed by atoms with Crippen LogP contribution in [0.5, 0.6) is 0 Å². The molecule has 2 rings (SSSR count). The van der Waals surface area contributed by atoms with Crippen LogP contribution in [0.2, 0.25) is 0 Å². The van der Waals surface area contributed by atoms with Crippen molar-refractivity contribution in [3.8, 4) is 12.8 Å². The summed E-state index contributed by atoms with van der Waals surface area (Å²) < 4.78 is 0. The van der Waals surface area contributed by atoms with Gasteiger partial charge in [-0.3, -0.25) is 0 Å². The SMILES string of the molecule is C#C.C1NCC2CC12. The normalized spacial score (nSPS) is 39.2. The van der Waals surface area contributed by atoms with Crippen molar-refractivity contribution in [2.24, 2.45) is 11.8 Å². The average Bonchev–Trinajstić information content (AvgIpc) is 2.46. The third-order valence-electron chi connectivity index (χ3n) is 1.88. The summed E-state index contributed by atoms with van der Waals surface area (Å²) in [5, 5.41) is 3.32. The van der Waals surface area contributed by atoms with Gasteiger partial charge in [0.15, 0.2) is 0 Å². The van der Waals surface area contributed by atoms with E-state index in [0.29, 0.717) is 0 Å². The van der Waals surface area contributed by atoms with E-state index in [1.807, 2.05) is 0 Å². The van der Waals surface area contributed by atoms with E-state index in [1.165, 1.54) is 19.5 Å². The van der Waals surface area contributed by atoms with Crippen molar-refractivity contribution in [3.63, 3.8) is 0 Å². The van der Waals surface area contributed by atoms with E-state index in [4.69, 9.17) is 0 Å². The summed E-state index contributed by atoms with van der Waals surface area (Å²) in [6.45, 7) is 2.62. The van der Waals surface area contributed by atoms with Crippen molar-refractivity contribution in [1.82, 2.24) is 5.32 Å². The molecule has 1 saturated heterocycles. The molecule has 1 heterocycles. The summed E-state index contributed by atoms with van der Waals surface area (Å²) in [4.78, 5) is 0. The van der Waals surface area contributed by atoms with Gasteiger partial charge in [0.2, 0.25) is 0 Å². The molecule has 0 spiro atoms. The zero-order valence-electron chi connectivity index (χ0n) is 4.93. The Labute approximate surface area is 50.5 Å². The largest absolute Gasteiger partial charge is 0.316 e. The van der Waals surface area contributed by atoms with Crippen LogP contribution in [-0.2, 0) is 0 Å². The van der Waals surface area contributed by atoms with Gasteiger partial charge in [-0.2, -0.15) is 0 Å². The topological polar surface area (TPSA) is 12.0 Å². The van der Waals surface area contributed by atoms with Crippen molar-refractivity contribution in [1.29, 1.82) is 0 Å². The molecule has 0 radical (unpaired) electrons. The summed E-state index contributed by atoms with van der Waals surface area (Å²) in [7, 11) is 0. The van der Waals surface area contributed by atoms with E-state index < -0.39 is 0 Å². The fraction of sp³-hybridized carbons (Fsp3) is 0.714. The summed E-state index contributed by atoms with van der Waals surface area (Å²) in [6, 6.07) is 0. The fourth-order valence-corrected chi connectivity index (χ4v) is 1.26. The van der Waals surface area contributed by atoms with E-state index >= 15 is 0 Å². The molecule has 0 aromatic heterocycles. The Morgan fingerprint density at radius 2 is 1.62 bits per heavy atom. The van der Waals surface area contributed by atoms with Crippen LogP contribution in [0.15, 0.2) is 0 Å². The minimum absolute atomic E-state index is 1.10. The van der Waals surface area contributed by atoms with Gasteiger partial charge in [0.1, 0.15) is 0 Å². The highest BCUT2D eigenvalue weighted by atomic mass is 14.9. The molecular formula is C7H11N. The maximum Gasteiger partial charge on any atom is -0.00172 e. The smallest absolute Gasteiger partial charge is 0.00172 e. The molecule has 1 heteroatoms. The highest BCUT2D eigenvalue weighted by molar-refractivity contribution is 4.94. The van der Waals surface area contributed by atoms with Gasteiger partial charge in [-0.15, -0.1) is 12.8 Å². The van der Waals surface area contributed by atoms with Gasteiger partial charge in [-0.05, 0) is 31.3 Å². The fourth-order valence-electron chi connectivity index (χ4n) is 1.26. The molecule has 1 N–H and O–H groups in total. The first-order valence-electron chi connectivity index (χ1n) is 3.01. The zero-order chi connectivity index (χ0) is 5.98. The zero-order valence-corrected chi connectivity index (χ0v) is 4.93. The molecule has 2 atom stereocenters. The standard InChI is InChI=1S/C5H9N.C2H2/c1-4-2-6-3-5(1)4;1-2/h4-6H,1-3H2;1-2H. The summed E-state index contributed by atoms with van der Waals surface area (Å²) in [5.41, 5.74) is 0. The van der Waals surface area contributed by atoms with Gasteiger partial charge in [-0.1, -0.05) is 0 Å². The van der Waals surface area contributed by atoms with Crippen molar-refractivity contribution in [3.05, 3.63) is 0 Å². The number of hydrogen-bond donors (Lipinski definition) is 1. The molecule has 2 aliphatic rings. The summed E-state index contributed by atoms with van der Waals surface area (Å²) in [5.74, 6) is 2.20. The van der Waals surface area contributed by atoms with E-state index in [1.54, 1.807) is 0 Å². The summed E-state index contributed by atoms with van der Waals surface area (Å²) in [6.07, 6.45) is 9.52. The second kappa shape index (κ2) is 2.19. The minimum atomic E-state index is 1.10. The molecule has 0 aromatic carbocycles. The first-order valence-corrected chi connectivity index (χ1v) is 3.01. The molecule has 0 amide bonds. The third kappa shape index (κ3) is 0.850. The minimum Gasteiger partial charge on any atom is -0.316 e. The molecule has 2 fully saturated rings. The van der Waals surface area contributed by atoms with Crippen LogP contribution in [-0.4, -0.2) is 13.1 Å². The Bertz CT molecular complexity index is 87.8. The van der Waals surface area contributed by atoms with Gasteiger partial charge in [0.25, 0.3) is 0 Å². The van der Waals surface area contributed by atoms with Crippen molar-refractivity contribution in [2.75, 3.05) is 13.1 Å². The number of piperidine rings is 1. The molecular weight excluding hydrogens is 98.1 g/mol. The van der Waals surface area contributed by atoms with Gasteiger partial charge in [0.05, 0.1) is 0 Å². The van der Waals surface area contributed by atoms with Gasteiger partial charge in [-0.25, -0.2) is 0 Å². The molecule has 1 nitrogen and oxygen atoms in total. The lowest BCUT2D eigenvalue weighted by Crippen LogP contribution is -2.10. The number of rotatable bonds is 0. The number of fused-ring (bicyclic) bond motifs is 1. The van der Waals surface area contributed by atoms with Crippen molar-refractivity contribution in [2.45, 2.75) is 6.42 Å². The van der Waals surface area contributed by atoms with E-state index in [2.05, 4.69) is 18.2 Å². The molecule has 44 valence electrons. The lowest BCUT2D eigenvalue weighted by atomic mass is 10.4. The Morgan fingerprint density at radius 3 is 1.75 bits per heavy atom. The van der Waals surface area contributed by atoms with Gasteiger partial charge in [0, 0.05) is 0 Å². The lowest BCUT2D eigenvalue weighted by molar-refractivity contribution is 0.732. The van der Waals surface area contributed by atoms with Crippen molar-refractivity contribution >= 4 is 0 Å². The van der Waals surface area contributed by atoms with Crippen LogP contribution in [0.4, 0.5) is 0 Å². The quantitative estimate of drug-likeness (QED) is 0.446. The molecule has 8 heavy (non-hydrogen) atoms. The van der Waals surface area contributed by atoms with Crippen LogP contribution >= 0.6 is 0 Å². The van der Waals surface area contributed by atoms with E-state index in [-0.39, 0.29) is 0 Å². The Balaban J connectivity index is 0.000000147. The highest BCUT2D eigenvalue weighted by Crippen LogP contribution is 2.40. The average molecular weight is 109 g/mol. The van der Waals surface area contributed by atoms with Crippen molar-refractivity contribution < 1.29 is 0 Å². The van der Waals surface area contributed by atoms with Crippen LogP contribution in [0.25, 0.3) is 0 Å². The predicted molar refractivity (Wildman–Crippen MR) is 34.4 cm³/mol. The Kier molecular flexibility index (Phi) is 1.55. The first-order chi connectivity index (χ1) is 3.97. The monoisotopic (exact) mass is 109 g/mol. The van der Waals surface area contributed by atoms with E-state index in [9.17, 15) is 0 Å². The second-order valence-electron chi connectivity index (χ2n) is 2.41. The van der Waals surface area contributed by atoms with Gasteiger partial charge < -0.3 is 5.32 Å².